The Kier molecular flexibility index (Phi) is 2.29. The molecule has 0 saturated heterocycles. The molecule has 2 rings (SSSR count). The highest BCUT2D eigenvalue weighted by Gasteiger charge is 2.26. The molecule has 12 heavy (non-hydrogen) atoms. The first-order chi connectivity index (χ1) is 5.90. The average molecular weight is 163 g/mol. The van der Waals surface area contributed by atoms with Crippen molar-refractivity contribution >= 4 is 6.21 Å². The van der Waals surface area contributed by atoms with E-state index in [-0.39, 0.29) is 0 Å². The minimum absolute atomic E-state index is 0.595. The lowest BCUT2D eigenvalue weighted by atomic mass is 10.0. The Labute approximate surface area is 74.6 Å². The van der Waals surface area contributed by atoms with Gasteiger partial charge >= 0.3 is 0 Å². The van der Waals surface area contributed by atoms with Crippen molar-refractivity contribution in [1.82, 2.24) is 0 Å². The Morgan fingerprint density at radius 1 is 1.50 bits per heavy atom. The van der Waals surface area contributed by atoms with Crippen LogP contribution in [0, 0.1) is 5.92 Å². The number of hydrogen-bond donors (Lipinski definition) is 0. The maximum atomic E-state index is 4.57. The first-order valence-corrected chi connectivity index (χ1v) is 5.13. The van der Waals surface area contributed by atoms with Gasteiger partial charge in [-0.15, -0.1) is 0 Å². The number of aliphatic imine (C=N–C) groups is 1. The third-order valence-corrected chi connectivity index (χ3v) is 2.73. The second-order valence-corrected chi connectivity index (χ2v) is 3.93. The summed E-state index contributed by atoms with van der Waals surface area (Å²) in [5.41, 5.74) is 1.52. The Morgan fingerprint density at radius 2 is 2.33 bits per heavy atom. The van der Waals surface area contributed by atoms with Gasteiger partial charge in [0, 0.05) is 6.21 Å². The monoisotopic (exact) mass is 163 g/mol. The summed E-state index contributed by atoms with van der Waals surface area (Å²) in [7, 11) is 0. The summed E-state index contributed by atoms with van der Waals surface area (Å²) in [4.78, 5) is 4.57. The summed E-state index contributed by atoms with van der Waals surface area (Å²) < 4.78 is 0. The van der Waals surface area contributed by atoms with Gasteiger partial charge < -0.3 is 0 Å². The molecule has 1 aliphatic carbocycles. The van der Waals surface area contributed by atoms with E-state index in [0.29, 0.717) is 6.04 Å². The van der Waals surface area contributed by atoms with Crippen LogP contribution in [-0.4, -0.2) is 12.3 Å². The summed E-state index contributed by atoms with van der Waals surface area (Å²) in [6.45, 7) is 2.23. The van der Waals surface area contributed by atoms with Gasteiger partial charge in [0.1, 0.15) is 0 Å². The van der Waals surface area contributed by atoms with Gasteiger partial charge in [0.05, 0.1) is 6.04 Å². The van der Waals surface area contributed by atoms with Gasteiger partial charge in [0.15, 0.2) is 0 Å². The summed E-state index contributed by atoms with van der Waals surface area (Å²) in [6.07, 6.45) is 11.0. The molecule has 1 heterocycles. The van der Waals surface area contributed by atoms with Gasteiger partial charge in [-0.05, 0) is 37.2 Å². The average Bonchev–Trinajstić information content (AvgIpc) is 2.89. The molecular formula is C11H17N. The highest BCUT2D eigenvalue weighted by atomic mass is 14.8. The fourth-order valence-corrected chi connectivity index (χ4v) is 1.79. The molecule has 2 aliphatic rings. The van der Waals surface area contributed by atoms with Crippen LogP contribution in [0.2, 0.25) is 0 Å². The molecular weight excluding hydrogens is 146 g/mol. The van der Waals surface area contributed by atoms with E-state index in [1.165, 1.54) is 37.7 Å². The predicted molar refractivity (Wildman–Crippen MR) is 52.6 cm³/mol. The molecule has 0 N–H and O–H groups in total. The Bertz CT molecular complexity index is 211. The van der Waals surface area contributed by atoms with Gasteiger partial charge in [0.25, 0.3) is 0 Å². The molecule has 1 nitrogen and oxygen atoms in total. The Balaban J connectivity index is 1.87. The maximum Gasteiger partial charge on any atom is 0.0534 e. The molecule has 0 aromatic rings. The molecule has 1 fully saturated rings. The lowest BCUT2D eigenvalue weighted by Gasteiger charge is -2.14. The van der Waals surface area contributed by atoms with Crippen molar-refractivity contribution in [2.45, 2.75) is 45.1 Å². The minimum Gasteiger partial charge on any atom is -0.289 e. The number of dihydropyridines is 1. The van der Waals surface area contributed by atoms with E-state index in [0.717, 1.165) is 5.92 Å². The smallest absolute Gasteiger partial charge is 0.0534 e. The lowest BCUT2D eigenvalue weighted by Crippen LogP contribution is -2.08. The van der Waals surface area contributed by atoms with Gasteiger partial charge in [-0.3, -0.25) is 4.99 Å². The number of rotatable bonds is 3. The van der Waals surface area contributed by atoms with E-state index in [4.69, 9.17) is 0 Å². The zero-order valence-electron chi connectivity index (χ0n) is 7.79. The van der Waals surface area contributed by atoms with Crippen LogP contribution in [0.4, 0.5) is 0 Å². The third kappa shape index (κ3) is 1.77. The molecule has 66 valence electrons. The fourth-order valence-electron chi connectivity index (χ4n) is 1.79. The molecule has 0 bridgehead atoms. The van der Waals surface area contributed by atoms with E-state index in [1.807, 2.05) is 0 Å². The van der Waals surface area contributed by atoms with Crippen LogP contribution < -0.4 is 0 Å². The number of hydrogen-bond acceptors (Lipinski definition) is 1. The van der Waals surface area contributed by atoms with E-state index < -0.39 is 0 Å². The fraction of sp³-hybridized carbons (Fsp3) is 0.727. The van der Waals surface area contributed by atoms with E-state index in [9.17, 15) is 0 Å². The number of allylic oxidation sites excluding steroid dienone is 1. The van der Waals surface area contributed by atoms with Crippen molar-refractivity contribution in [3.05, 3.63) is 11.6 Å². The van der Waals surface area contributed by atoms with Crippen molar-refractivity contribution in [3.8, 4) is 0 Å². The molecule has 1 aliphatic heterocycles. The normalized spacial score (nSPS) is 28.8. The summed E-state index contributed by atoms with van der Waals surface area (Å²) in [5.74, 6) is 0.885. The topological polar surface area (TPSA) is 12.4 Å². The first-order valence-electron chi connectivity index (χ1n) is 5.13. The van der Waals surface area contributed by atoms with Crippen LogP contribution in [0.25, 0.3) is 0 Å². The first kappa shape index (κ1) is 8.03. The van der Waals surface area contributed by atoms with Crippen LogP contribution in [0.3, 0.4) is 0 Å². The van der Waals surface area contributed by atoms with Crippen molar-refractivity contribution in [3.63, 3.8) is 0 Å². The van der Waals surface area contributed by atoms with Crippen LogP contribution in [0.5, 0.6) is 0 Å². The molecule has 0 aromatic carbocycles. The lowest BCUT2D eigenvalue weighted by molar-refractivity contribution is 0.607. The molecule has 1 heteroatoms. The molecule has 1 unspecified atom stereocenters. The molecule has 1 atom stereocenters. The predicted octanol–water partition coefficient (Wildman–Crippen LogP) is 2.97. The molecule has 0 amide bonds. The molecule has 0 aromatic heterocycles. The van der Waals surface area contributed by atoms with Gasteiger partial charge in [0.2, 0.25) is 0 Å². The minimum atomic E-state index is 0.595. The van der Waals surface area contributed by atoms with Gasteiger partial charge in [-0.1, -0.05) is 19.4 Å². The zero-order chi connectivity index (χ0) is 8.39. The SMILES string of the molecule is CCCC1CC=C(C2CC2)C=N1. The quantitative estimate of drug-likeness (QED) is 0.606. The van der Waals surface area contributed by atoms with E-state index in [1.54, 1.807) is 0 Å². The van der Waals surface area contributed by atoms with Crippen molar-refractivity contribution in [2.24, 2.45) is 10.9 Å². The van der Waals surface area contributed by atoms with Crippen LogP contribution >= 0.6 is 0 Å². The highest BCUT2D eigenvalue weighted by molar-refractivity contribution is 5.80. The van der Waals surface area contributed by atoms with Crippen LogP contribution in [0.15, 0.2) is 16.6 Å². The summed E-state index contributed by atoms with van der Waals surface area (Å²) >= 11 is 0. The number of nitrogens with zero attached hydrogens (tertiary/aromatic N) is 1. The maximum absolute atomic E-state index is 4.57. The molecule has 0 spiro atoms. The second-order valence-electron chi connectivity index (χ2n) is 3.93. The summed E-state index contributed by atoms with van der Waals surface area (Å²) in [5, 5.41) is 0. The standard InChI is InChI=1S/C11H17N/c1-2-3-11-7-6-10(8-12-11)9-4-5-9/h6,8-9,11H,2-5,7H2,1H3. The van der Waals surface area contributed by atoms with Gasteiger partial charge in [-0.2, -0.15) is 0 Å². The van der Waals surface area contributed by atoms with Crippen molar-refractivity contribution in [1.29, 1.82) is 0 Å². The van der Waals surface area contributed by atoms with Crippen LogP contribution in [-0.2, 0) is 0 Å². The van der Waals surface area contributed by atoms with Gasteiger partial charge in [-0.25, -0.2) is 0 Å². The second kappa shape index (κ2) is 3.42. The Hall–Kier alpha value is -0.590. The largest absolute Gasteiger partial charge is 0.289 e. The molecule has 1 saturated carbocycles. The summed E-state index contributed by atoms with van der Waals surface area (Å²) in [6, 6.07) is 0.595. The van der Waals surface area contributed by atoms with Crippen molar-refractivity contribution in [2.75, 3.05) is 0 Å². The van der Waals surface area contributed by atoms with E-state index >= 15 is 0 Å². The Morgan fingerprint density at radius 3 is 2.83 bits per heavy atom. The van der Waals surface area contributed by atoms with Crippen LogP contribution in [0.1, 0.15) is 39.0 Å². The highest BCUT2D eigenvalue weighted by Crippen LogP contribution is 2.37. The van der Waals surface area contributed by atoms with Crippen molar-refractivity contribution < 1.29 is 0 Å². The van der Waals surface area contributed by atoms with E-state index in [2.05, 4.69) is 24.2 Å². The zero-order valence-corrected chi connectivity index (χ0v) is 7.79. The molecule has 0 radical (unpaired) electrons. The third-order valence-electron chi connectivity index (χ3n) is 2.73.